The fourth-order valence-electron chi connectivity index (χ4n) is 8.68. The van der Waals surface area contributed by atoms with Crippen molar-refractivity contribution >= 4 is 64.2 Å². The van der Waals surface area contributed by atoms with E-state index in [1.54, 1.807) is 0 Å². The van der Waals surface area contributed by atoms with Crippen LogP contribution in [0.2, 0.25) is 0 Å². The topological polar surface area (TPSA) is 51.8 Å². The Kier molecular flexibility index (Phi) is 8.00. The Hall–Kier alpha value is -7.73. The van der Waals surface area contributed by atoms with Gasteiger partial charge in [0.2, 0.25) is 0 Å². The zero-order chi connectivity index (χ0) is 39.6. The molecule has 12 rings (SSSR count). The number of nitrogens with zero attached hydrogens (tertiary/aromatic N) is 3. The lowest BCUT2D eigenvalue weighted by atomic mass is 9.86. The first-order valence-corrected chi connectivity index (χ1v) is 20.9. The maximum absolute atomic E-state index is 6.41. The minimum absolute atomic E-state index is 0.590. The first-order chi connectivity index (χ1) is 29.7. The van der Waals surface area contributed by atoms with Gasteiger partial charge < -0.3 is 4.42 Å². The molecule has 3 aromatic heterocycles. The third-order valence-corrected chi connectivity index (χ3v) is 12.7. The molecule has 60 heavy (non-hydrogen) atoms. The van der Waals surface area contributed by atoms with Gasteiger partial charge in [0.1, 0.15) is 11.2 Å². The van der Waals surface area contributed by atoms with Gasteiger partial charge in [0.05, 0.1) is 0 Å². The lowest BCUT2D eigenvalue weighted by Crippen LogP contribution is -2.02. The summed E-state index contributed by atoms with van der Waals surface area (Å²) in [4.78, 5) is 16.0. The van der Waals surface area contributed by atoms with Crippen LogP contribution in [0.1, 0.15) is 0 Å². The number of hydrogen-bond acceptors (Lipinski definition) is 5. The standard InChI is InChI=1S/C55H33N3OS/c1-4-14-34(15-5-1)40-32-43(38-26-29-50-44(30-38)42-22-12-13-23-49(42)60-50)51(36-17-6-2-7-18-36)46(33-40)55-57-53(37-19-8-3-9-20-37)56-54(58-55)39-25-27-47-45(31-39)52-41-21-11-10-16-35(41)24-28-48(52)59-47/h1-33H. The van der Waals surface area contributed by atoms with Crippen LogP contribution in [0.3, 0.4) is 0 Å². The fourth-order valence-corrected chi connectivity index (χ4v) is 9.77. The Balaban J connectivity index is 1.15. The number of aromatic nitrogens is 3. The number of furan rings is 1. The molecule has 0 fully saturated rings. The van der Waals surface area contributed by atoms with E-state index in [0.717, 1.165) is 77.4 Å². The molecule has 0 radical (unpaired) electrons. The van der Waals surface area contributed by atoms with Crippen molar-refractivity contribution in [3.05, 3.63) is 200 Å². The molecule has 0 saturated carbocycles. The average Bonchev–Trinajstić information content (AvgIpc) is 3.90. The van der Waals surface area contributed by atoms with Crippen molar-refractivity contribution in [2.24, 2.45) is 0 Å². The van der Waals surface area contributed by atoms with Crippen LogP contribution in [0, 0.1) is 0 Å². The quantitative estimate of drug-likeness (QED) is 0.169. The van der Waals surface area contributed by atoms with Crippen LogP contribution in [0.15, 0.2) is 205 Å². The second-order valence-corrected chi connectivity index (χ2v) is 16.2. The van der Waals surface area contributed by atoms with E-state index in [-0.39, 0.29) is 0 Å². The SMILES string of the molecule is c1ccc(-c2cc(-c3ccc4sc5ccccc5c4c3)c(-c3ccccc3)c(-c3nc(-c4ccccc4)nc(-c4ccc5oc6ccc7ccccc7c6c5c4)n3)c2)cc1. The van der Waals surface area contributed by atoms with Crippen molar-refractivity contribution in [2.45, 2.75) is 0 Å². The van der Waals surface area contributed by atoms with Gasteiger partial charge in [-0.05, 0) is 93.2 Å². The first kappa shape index (κ1) is 34.3. The number of fused-ring (bicyclic) bond motifs is 8. The van der Waals surface area contributed by atoms with Gasteiger partial charge in [0.15, 0.2) is 17.5 Å². The van der Waals surface area contributed by atoms with Gasteiger partial charge in [0.25, 0.3) is 0 Å². The van der Waals surface area contributed by atoms with Crippen LogP contribution >= 0.6 is 11.3 Å². The van der Waals surface area contributed by atoms with E-state index in [9.17, 15) is 0 Å². The molecule has 0 saturated heterocycles. The molecule has 5 heteroatoms. The second kappa shape index (κ2) is 14.0. The molecular weight excluding hydrogens is 751 g/mol. The van der Waals surface area contributed by atoms with E-state index in [0.29, 0.717) is 17.5 Å². The zero-order valence-electron chi connectivity index (χ0n) is 32.2. The molecule has 0 amide bonds. The highest BCUT2D eigenvalue weighted by atomic mass is 32.1. The van der Waals surface area contributed by atoms with E-state index < -0.39 is 0 Å². The van der Waals surface area contributed by atoms with Crippen LogP contribution in [0.25, 0.3) is 120 Å². The van der Waals surface area contributed by atoms with Crippen molar-refractivity contribution in [1.82, 2.24) is 15.0 Å². The average molecular weight is 784 g/mol. The molecule has 3 heterocycles. The Bertz CT molecular complexity index is 3590. The van der Waals surface area contributed by atoms with Gasteiger partial charge >= 0.3 is 0 Å². The number of thiophene rings is 1. The number of hydrogen-bond donors (Lipinski definition) is 0. The number of rotatable bonds is 6. The molecule has 0 bridgehead atoms. The highest BCUT2D eigenvalue weighted by molar-refractivity contribution is 7.25. The maximum Gasteiger partial charge on any atom is 0.164 e. The molecular formula is C55H33N3OS. The monoisotopic (exact) mass is 783 g/mol. The van der Waals surface area contributed by atoms with Gasteiger partial charge in [0, 0.05) is 53.2 Å². The zero-order valence-corrected chi connectivity index (χ0v) is 33.0. The third-order valence-electron chi connectivity index (χ3n) is 11.5. The second-order valence-electron chi connectivity index (χ2n) is 15.1. The molecule has 0 unspecified atom stereocenters. The highest BCUT2D eigenvalue weighted by Gasteiger charge is 2.22. The molecule has 12 aromatic rings. The Morgan fingerprint density at radius 1 is 0.333 bits per heavy atom. The smallest absolute Gasteiger partial charge is 0.164 e. The summed E-state index contributed by atoms with van der Waals surface area (Å²) in [6.45, 7) is 0. The molecule has 9 aromatic carbocycles. The Morgan fingerprint density at radius 3 is 1.72 bits per heavy atom. The largest absolute Gasteiger partial charge is 0.456 e. The Labute approximate surface area is 349 Å². The highest BCUT2D eigenvalue weighted by Crippen LogP contribution is 2.45. The van der Waals surface area contributed by atoms with E-state index in [4.69, 9.17) is 19.4 Å². The summed E-state index contributed by atoms with van der Waals surface area (Å²) in [5.41, 5.74) is 11.0. The molecule has 0 N–H and O–H groups in total. The summed E-state index contributed by atoms with van der Waals surface area (Å²) in [7, 11) is 0. The molecule has 0 aliphatic rings. The normalized spacial score (nSPS) is 11.7. The summed E-state index contributed by atoms with van der Waals surface area (Å²) < 4.78 is 8.96. The van der Waals surface area contributed by atoms with Crippen molar-refractivity contribution < 1.29 is 4.42 Å². The van der Waals surface area contributed by atoms with Gasteiger partial charge in [-0.15, -0.1) is 11.3 Å². The van der Waals surface area contributed by atoms with Crippen LogP contribution in [-0.2, 0) is 0 Å². The lowest BCUT2D eigenvalue weighted by molar-refractivity contribution is 0.669. The third kappa shape index (κ3) is 5.78. The first-order valence-electron chi connectivity index (χ1n) is 20.1. The summed E-state index contributed by atoms with van der Waals surface area (Å²) in [6, 6.07) is 70.5. The molecule has 0 aliphatic carbocycles. The van der Waals surface area contributed by atoms with Crippen molar-refractivity contribution in [3.8, 4) is 67.5 Å². The summed E-state index contributed by atoms with van der Waals surface area (Å²) in [5, 5.41) is 6.95. The van der Waals surface area contributed by atoms with Crippen LogP contribution in [0.5, 0.6) is 0 Å². The van der Waals surface area contributed by atoms with Crippen molar-refractivity contribution in [1.29, 1.82) is 0 Å². The maximum atomic E-state index is 6.41. The minimum atomic E-state index is 0.590. The van der Waals surface area contributed by atoms with E-state index in [1.165, 1.54) is 25.6 Å². The van der Waals surface area contributed by atoms with Crippen LogP contribution < -0.4 is 0 Å². The summed E-state index contributed by atoms with van der Waals surface area (Å²) in [5.74, 6) is 1.80. The van der Waals surface area contributed by atoms with Crippen molar-refractivity contribution in [2.75, 3.05) is 0 Å². The lowest BCUT2D eigenvalue weighted by Gasteiger charge is -2.19. The molecule has 0 spiro atoms. The predicted molar refractivity (Wildman–Crippen MR) is 250 cm³/mol. The van der Waals surface area contributed by atoms with Crippen LogP contribution in [-0.4, -0.2) is 15.0 Å². The van der Waals surface area contributed by atoms with Gasteiger partial charge in [-0.3, -0.25) is 0 Å². The molecule has 4 nitrogen and oxygen atoms in total. The Morgan fingerprint density at radius 2 is 0.917 bits per heavy atom. The van der Waals surface area contributed by atoms with E-state index in [1.807, 2.05) is 35.6 Å². The van der Waals surface area contributed by atoms with E-state index >= 15 is 0 Å². The van der Waals surface area contributed by atoms with Crippen LogP contribution in [0.4, 0.5) is 0 Å². The van der Waals surface area contributed by atoms with Gasteiger partial charge in [-0.2, -0.15) is 0 Å². The summed E-state index contributed by atoms with van der Waals surface area (Å²) >= 11 is 1.83. The molecule has 0 atom stereocenters. The summed E-state index contributed by atoms with van der Waals surface area (Å²) in [6.07, 6.45) is 0. The van der Waals surface area contributed by atoms with E-state index in [2.05, 4.69) is 176 Å². The molecule has 280 valence electrons. The predicted octanol–water partition coefficient (Wildman–Crippen LogP) is 15.3. The van der Waals surface area contributed by atoms with Gasteiger partial charge in [-0.25, -0.2) is 15.0 Å². The van der Waals surface area contributed by atoms with Crippen molar-refractivity contribution in [3.63, 3.8) is 0 Å². The fraction of sp³-hybridized carbons (Fsp3) is 0. The minimum Gasteiger partial charge on any atom is -0.456 e. The number of benzene rings is 9. The van der Waals surface area contributed by atoms with Gasteiger partial charge in [-0.1, -0.05) is 146 Å². The molecule has 0 aliphatic heterocycles.